The molecule has 14 heavy (non-hydrogen) atoms. The van der Waals surface area contributed by atoms with Gasteiger partial charge in [-0.1, -0.05) is 11.6 Å². The van der Waals surface area contributed by atoms with Gasteiger partial charge in [-0.2, -0.15) is 0 Å². The molecule has 0 bridgehead atoms. The third-order valence-corrected chi connectivity index (χ3v) is 2.38. The van der Waals surface area contributed by atoms with Gasteiger partial charge < -0.3 is 9.84 Å². The molecule has 1 N–H and O–H groups in total. The SMILES string of the molecule is CC(=CCC(C)O)CN1CCOCC1. The molecule has 1 heterocycles. The van der Waals surface area contributed by atoms with E-state index in [2.05, 4.69) is 17.9 Å². The quantitative estimate of drug-likeness (QED) is 0.687. The number of nitrogens with zero attached hydrogens (tertiary/aromatic N) is 1. The van der Waals surface area contributed by atoms with Crippen molar-refractivity contribution in [3.05, 3.63) is 11.6 Å². The molecule has 1 fully saturated rings. The van der Waals surface area contributed by atoms with Gasteiger partial charge in [-0.05, 0) is 20.3 Å². The van der Waals surface area contributed by atoms with E-state index in [1.807, 2.05) is 6.92 Å². The number of ether oxygens (including phenoxy) is 1. The molecule has 1 unspecified atom stereocenters. The van der Waals surface area contributed by atoms with Crippen molar-refractivity contribution >= 4 is 0 Å². The molecule has 3 nitrogen and oxygen atoms in total. The second-order valence-corrected chi connectivity index (χ2v) is 4.02. The highest BCUT2D eigenvalue weighted by Gasteiger charge is 2.09. The fraction of sp³-hybridized carbons (Fsp3) is 0.818. The second kappa shape index (κ2) is 6.17. The van der Waals surface area contributed by atoms with Crippen LogP contribution in [0.2, 0.25) is 0 Å². The molecular weight excluding hydrogens is 178 g/mol. The number of aliphatic hydroxyl groups excluding tert-OH is 1. The Hall–Kier alpha value is -0.380. The number of aliphatic hydroxyl groups is 1. The van der Waals surface area contributed by atoms with Crippen LogP contribution in [0.15, 0.2) is 11.6 Å². The van der Waals surface area contributed by atoms with Crippen LogP contribution in [0, 0.1) is 0 Å². The largest absolute Gasteiger partial charge is 0.393 e. The third-order valence-electron chi connectivity index (χ3n) is 2.38. The first kappa shape index (κ1) is 11.7. The molecule has 0 radical (unpaired) electrons. The van der Waals surface area contributed by atoms with Gasteiger partial charge in [0.15, 0.2) is 0 Å². The van der Waals surface area contributed by atoms with Gasteiger partial charge in [0.05, 0.1) is 19.3 Å². The third kappa shape index (κ3) is 4.74. The molecule has 0 spiro atoms. The van der Waals surface area contributed by atoms with E-state index in [-0.39, 0.29) is 6.10 Å². The minimum absolute atomic E-state index is 0.227. The van der Waals surface area contributed by atoms with Crippen LogP contribution in [0.4, 0.5) is 0 Å². The van der Waals surface area contributed by atoms with Gasteiger partial charge in [-0.15, -0.1) is 0 Å². The van der Waals surface area contributed by atoms with Gasteiger partial charge in [0.1, 0.15) is 0 Å². The van der Waals surface area contributed by atoms with Gasteiger partial charge in [0.2, 0.25) is 0 Å². The van der Waals surface area contributed by atoms with Crippen molar-refractivity contribution < 1.29 is 9.84 Å². The van der Waals surface area contributed by atoms with Gasteiger partial charge in [0.25, 0.3) is 0 Å². The number of hydrogen-bond donors (Lipinski definition) is 1. The number of morpholine rings is 1. The number of rotatable bonds is 4. The van der Waals surface area contributed by atoms with Crippen LogP contribution >= 0.6 is 0 Å². The summed E-state index contributed by atoms with van der Waals surface area (Å²) in [5.41, 5.74) is 1.34. The minimum Gasteiger partial charge on any atom is -0.393 e. The van der Waals surface area contributed by atoms with Crippen molar-refractivity contribution in [1.82, 2.24) is 4.90 Å². The van der Waals surface area contributed by atoms with E-state index in [4.69, 9.17) is 9.84 Å². The lowest BCUT2D eigenvalue weighted by atomic mass is 10.2. The van der Waals surface area contributed by atoms with Crippen molar-refractivity contribution in [3.8, 4) is 0 Å². The molecule has 0 aromatic heterocycles. The van der Waals surface area contributed by atoms with E-state index in [1.165, 1.54) is 5.57 Å². The molecule has 1 atom stereocenters. The van der Waals surface area contributed by atoms with Gasteiger partial charge >= 0.3 is 0 Å². The maximum Gasteiger partial charge on any atom is 0.0594 e. The van der Waals surface area contributed by atoms with Crippen LogP contribution < -0.4 is 0 Å². The van der Waals surface area contributed by atoms with Crippen molar-refractivity contribution in [1.29, 1.82) is 0 Å². The first-order valence-corrected chi connectivity index (χ1v) is 5.32. The van der Waals surface area contributed by atoms with Crippen LogP contribution in [0.5, 0.6) is 0 Å². The average molecular weight is 199 g/mol. The summed E-state index contributed by atoms with van der Waals surface area (Å²) in [5.74, 6) is 0. The highest BCUT2D eigenvalue weighted by Crippen LogP contribution is 2.04. The van der Waals surface area contributed by atoms with E-state index >= 15 is 0 Å². The molecule has 1 aliphatic heterocycles. The summed E-state index contributed by atoms with van der Waals surface area (Å²) in [6, 6.07) is 0. The fourth-order valence-electron chi connectivity index (χ4n) is 1.55. The van der Waals surface area contributed by atoms with E-state index in [0.717, 1.165) is 39.3 Å². The molecule has 0 saturated carbocycles. The van der Waals surface area contributed by atoms with Crippen LogP contribution in [0.25, 0.3) is 0 Å². The normalized spacial score (nSPS) is 22.4. The molecule has 1 aliphatic rings. The predicted molar refractivity (Wildman–Crippen MR) is 57.3 cm³/mol. The van der Waals surface area contributed by atoms with E-state index in [0.29, 0.717) is 0 Å². The Kier molecular flexibility index (Phi) is 5.15. The Bertz CT molecular complexity index is 184. The zero-order valence-electron chi connectivity index (χ0n) is 9.20. The second-order valence-electron chi connectivity index (χ2n) is 4.02. The van der Waals surface area contributed by atoms with Crippen LogP contribution in [-0.2, 0) is 4.74 Å². The molecule has 0 aliphatic carbocycles. The van der Waals surface area contributed by atoms with Crippen molar-refractivity contribution in [2.75, 3.05) is 32.8 Å². The standard InChI is InChI=1S/C11H21NO2/c1-10(3-4-11(2)13)9-12-5-7-14-8-6-12/h3,11,13H,4-9H2,1-2H3. The maximum absolute atomic E-state index is 9.13. The van der Waals surface area contributed by atoms with Crippen LogP contribution in [0.3, 0.4) is 0 Å². The molecule has 82 valence electrons. The molecule has 1 saturated heterocycles. The average Bonchev–Trinajstić information content (AvgIpc) is 2.16. The zero-order chi connectivity index (χ0) is 10.4. The Morgan fingerprint density at radius 3 is 2.71 bits per heavy atom. The molecule has 0 amide bonds. The summed E-state index contributed by atoms with van der Waals surface area (Å²) in [4.78, 5) is 2.39. The molecular formula is C11H21NO2. The number of hydrogen-bond acceptors (Lipinski definition) is 3. The summed E-state index contributed by atoms with van der Waals surface area (Å²) >= 11 is 0. The smallest absolute Gasteiger partial charge is 0.0594 e. The lowest BCUT2D eigenvalue weighted by Crippen LogP contribution is -2.37. The van der Waals surface area contributed by atoms with Crippen molar-refractivity contribution in [3.63, 3.8) is 0 Å². The van der Waals surface area contributed by atoms with Gasteiger partial charge in [-0.3, -0.25) is 4.90 Å². The summed E-state index contributed by atoms with van der Waals surface area (Å²) in [7, 11) is 0. The first-order chi connectivity index (χ1) is 6.68. The topological polar surface area (TPSA) is 32.7 Å². The van der Waals surface area contributed by atoms with Gasteiger partial charge in [-0.25, -0.2) is 0 Å². The summed E-state index contributed by atoms with van der Waals surface area (Å²) in [6.07, 6.45) is 2.66. The summed E-state index contributed by atoms with van der Waals surface area (Å²) in [6.45, 7) is 8.71. The fourth-order valence-corrected chi connectivity index (χ4v) is 1.55. The first-order valence-electron chi connectivity index (χ1n) is 5.32. The monoisotopic (exact) mass is 199 g/mol. The maximum atomic E-state index is 9.13. The van der Waals surface area contributed by atoms with Crippen molar-refractivity contribution in [2.24, 2.45) is 0 Å². The Balaban J connectivity index is 2.24. The lowest BCUT2D eigenvalue weighted by Gasteiger charge is -2.26. The Morgan fingerprint density at radius 2 is 2.14 bits per heavy atom. The Morgan fingerprint density at radius 1 is 1.50 bits per heavy atom. The predicted octanol–water partition coefficient (Wildman–Crippen LogP) is 1.04. The summed E-state index contributed by atoms with van der Waals surface area (Å²) < 4.78 is 5.28. The molecule has 3 heteroatoms. The zero-order valence-corrected chi connectivity index (χ0v) is 9.20. The van der Waals surface area contributed by atoms with Gasteiger partial charge in [0, 0.05) is 19.6 Å². The Labute approximate surface area is 86.4 Å². The van der Waals surface area contributed by atoms with E-state index in [1.54, 1.807) is 0 Å². The molecule has 0 aromatic rings. The lowest BCUT2D eigenvalue weighted by molar-refractivity contribution is 0.0422. The highest BCUT2D eigenvalue weighted by atomic mass is 16.5. The minimum atomic E-state index is -0.227. The van der Waals surface area contributed by atoms with Crippen LogP contribution in [0.1, 0.15) is 20.3 Å². The van der Waals surface area contributed by atoms with E-state index < -0.39 is 0 Å². The van der Waals surface area contributed by atoms with Crippen molar-refractivity contribution in [2.45, 2.75) is 26.4 Å². The molecule has 0 aromatic carbocycles. The summed E-state index contributed by atoms with van der Waals surface area (Å²) in [5, 5.41) is 9.13. The van der Waals surface area contributed by atoms with E-state index in [9.17, 15) is 0 Å². The molecule has 1 rings (SSSR count). The highest BCUT2D eigenvalue weighted by molar-refractivity contribution is 5.01. The van der Waals surface area contributed by atoms with Crippen LogP contribution in [-0.4, -0.2) is 49.0 Å².